The lowest BCUT2D eigenvalue weighted by Gasteiger charge is -2.10. The Hall–Kier alpha value is -2.18. The van der Waals surface area contributed by atoms with E-state index in [-0.39, 0.29) is 5.82 Å². The van der Waals surface area contributed by atoms with Crippen molar-refractivity contribution in [2.75, 3.05) is 12.8 Å². The summed E-state index contributed by atoms with van der Waals surface area (Å²) in [7, 11) is 1.43. The smallest absolute Gasteiger partial charge is 0.434 e. The zero-order valence-electron chi connectivity index (χ0n) is 11.0. The van der Waals surface area contributed by atoms with Crippen molar-refractivity contribution < 1.29 is 17.9 Å². The fourth-order valence-corrected chi connectivity index (χ4v) is 1.90. The molecule has 0 amide bonds. The van der Waals surface area contributed by atoms with E-state index in [4.69, 9.17) is 10.5 Å². The summed E-state index contributed by atoms with van der Waals surface area (Å²) in [6.45, 7) is 2.11. The number of alkyl halides is 3. The molecular weight excluding hydrogens is 271 g/mol. The Morgan fingerprint density at radius 3 is 2.60 bits per heavy atom. The summed E-state index contributed by atoms with van der Waals surface area (Å²) in [5.41, 5.74) is 5.66. The van der Waals surface area contributed by atoms with Gasteiger partial charge < -0.3 is 15.0 Å². The molecule has 2 aromatic rings. The fraction of sp³-hybridized carbons (Fsp3) is 0.308. The lowest BCUT2D eigenvalue weighted by atomic mass is 10.1. The van der Waals surface area contributed by atoms with Gasteiger partial charge in [-0.2, -0.15) is 13.2 Å². The third-order valence-corrected chi connectivity index (χ3v) is 2.87. The minimum atomic E-state index is -4.48. The highest BCUT2D eigenvalue weighted by Gasteiger charge is 2.35. The molecule has 0 fully saturated rings. The average Bonchev–Trinajstić information content (AvgIpc) is 2.82. The summed E-state index contributed by atoms with van der Waals surface area (Å²) in [5.74, 6) is 0.593. The highest BCUT2D eigenvalue weighted by molar-refractivity contribution is 5.68. The Labute approximate surface area is 114 Å². The molecule has 0 spiro atoms. The number of nitrogens with zero attached hydrogens (tertiary/aromatic N) is 2. The van der Waals surface area contributed by atoms with Crippen LogP contribution in [0, 0.1) is 0 Å². The van der Waals surface area contributed by atoms with Gasteiger partial charge in [-0.3, -0.25) is 0 Å². The molecule has 0 saturated carbocycles. The van der Waals surface area contributed by atoms with Crippen LogP contribution in [0.4, 0.5) is 18.9 Å². The number of rotatable bonds is 3. The first-order valence-corrected chi connectivity index (χ1v) is 5.95. The maximum atomic E-state index is 12.8. The van der Waals surface area contributed by atoms with Crippen LogP contribution in [-0.4, -0.2) is 16.7 Å². The lowest BCUT2D eigenvalue weighted by molar-refractivity contribution is -0.140. The SMILES string of the molecule is CCn1cc(C(F)(F)F)nc1-c1ccc(N)cc1OC. The molecular formula is C13H14F3N3O. The number of anilines is 1. The zero-order chi connectivity index (χ0) is 14.9. The van der Waals surface area contributed by atoms with Crippen LogP contribution < -0.4 is 10.5 Å². The summed E-state index contributed by atoms with van der Waals surface area (Å²) in [5, 5.41) is 0. The molecule has 2 rings (SSSR count). The van der Waals surface area contributed by atoms with Gasteiger partial charge in [0, 0.05) is 24.5 Å². The van der Waals surface area contributed by atoms with Crippen LogP contribution in [0.2, 0.25) is 0 Å². The Balaban J connectivity index is 2.60. The number of nitrogen functional groups attached to an aromatic ring is 1. The first-order valence-electron chi connectivity index (χ1n) is 5.95. The van der Waals surface area contributed by atoms with Crippen LogP contribution in [0.15, 0.2) is 24.4 Å². The quantitative estimate of drug-likeness (QED) is 0.881. The van der Waals surface area contributed by atoms with Crippen LogP contribution in [0.1, 0.15) is 12.6 Å². The number of benzene rings is 1. The molecule has 2 N–H and O–H groups in total. The molecule has 108 valence electrons. The molecule has 0 atom stereocenters. The molecule has 0 saturated heterocycles. The fourth-order valence-electron chi connectivity index (χ4n) is 1.90. The van der Waals surface area contributed by atoms with Crippen LogP contribution in [-0.2, 0) is 12.7 Å². The average molecular weight is 285 g/mol. The predicted octanol–water partition coefficient (Wildman–Crippen LogP) is 3.18. The van der Waals surface area contributed by atoms with Gasteiger partial charge in [-0.05, 0) is 19.1 Å². The van der Waals surface area contributed by atoms with E-state index in [2.05, 4.69) is 4.98 Å². The zero-order valence-corrected chi connectivity index (χ0v) is 11.0. The van der Waals surface area contributed by atoms with Gasteiger partial charge in [0.2, 0.25) is 0 Å². The largest absolute Gasteiger partial charge is 0.496 e. The summed E-state index contributed by atoms with van der Waals surface area (Å²) in [6.07, 6.45) is -3.48. The van der Waals surface area contributed by atoms with Gasteiger partial charge in [0.25, 0.3) is 0 Å². The number of hydrogen-bond donors (Lipinski definition) is 1. The van der Waals surface area contributed by atoms with Crippen LogP contribution in [0.3, 0.4) is 0 Å². The van der Waals surface area contributed by atoms with Crippen molar-refractivity contribution in [2.24, 2.45) is 0 Å². The molecule has 1 heterocycles. The molecule has 7 heteroatoms. The van der Waals surface area contributed by atoms with Crippen molar-refractivity contribution in [3.63, 3.8) is 0 Å². The Bertz CT molecular complexity index is 620. The number of ether oxygens (including phenoxy) is 1. The van der Waals surface area contributed by atoms with Gasteiger partial charge in [0.05, 0.1) is 12.7 Å². The van der Waals surface area contributed by atoms with E-state index in [0.717, 1.165) is 6.20 Å². The standard InChI is InChI=1S/C13H14F3N3O/c1-3-19-7-11(13(14,15)16)18-12(19)9-5-4-8(17)6-10(9)20-2/h4-7H,3,17H2,1-2H3. The van der Waals surface area contributed by atoms with Gasteiger partial charge in [-0.15, -0.1) is 0 Å². The van der Waals surface area contributed by atoms with Crippen LogP contribution in [0.25, 0.3) is 11.4 Å². The number of nitrogens with two attached hydrogens (primary N) is 1. The molecule has 0 aliphatic carbocycles. The molecule has 0 aliphatic heterocycles. The molecule has 0 aliphatic rings. The second kappa shape index (κ2) is 5.07. The van der Waals surface area contributed by atoms with Crippen LogP contribution >= 0.6 is 0 Å². The number of hydrogen-bond acceptors (Lipinski definition) is 3. The van der Waals surface area contributed by atoms with Gasteiger partial charge in [-0.25, -0.2) is 4.98 Å². The Morgan fingerprint density at radius 1 is 1.35 bits per heavy atom. The topological polar surface area (TPSA) is 53.1 Å². The molecule has 1 aromatic heterocycles. The van der Waals surface area contributed by atoms with Crippen molar-refractivity contribution in [3.8, 4) is 17.1 Å². The van der Waals surface area contributed by atoms with E-state index >= 15 is 0 Å². The van der Waals surface area contributed by atoms with Crippen LogP contribution in [0.5, 0.6) is 5.75 Å². The molecule has 0 radical (unpaired) electrons. The third-order valence-electron chi connectivity index (χ3n) is 2.87. The molecule has 4 nitrogen and oxygen atoms in total. The number of halogens is 3. The highest BCUT2D eigenvalue weighted by Crippen LogP contribution is 2.35. The van der Waals surface area contributed by atoms with E-state index in [1.165, 1.54) is 11.7 Å². The predicted molar refractivity (Wildman–Crippen MR) is 69.3 cm³/mol. The highest BCUT2D eigenvalue weighted by atomic mass is 19.4. The third kappa shape index (κ3) is 2.56. The minimum absolute atomic E-state index is 0.205. The van der Waals surface area contributed by atoms with Gasteiger partial charge in [-0.1, -0.05) is 0 Å². The van der Waals surface area contributed by atoms with Gasteiger partial charge >= 0.3 is 6.18 Å². The van der Waals surface area contributed by atoms with Crippen molar-refractivity contribution in [1.29, 1.82) is 0 Å². The Morgan fingerprint density at radius 2 is 2.05 bits per heavy atom. The van der Waals surface area contributed by atoms with E-state index in [9.17, 15) is 13.2 Å². The maximum absolute atomic E-state index is 12.8. The van der Waals surface area contributed by atoms with E-state index in [1.807, 2.05) is 0 Å². The maximum Gasteiger partial charge on any atom is 0.434 e. The van der Waals surface area contributed by atoms with E-state index in [1.54, 1.807) is 25.1 Å². The van der Waals surface area contributed by atoms with Crippen molar-refractivity contribution >= 4 is 5.69 Å². The van der Waals surface area contributed by atoms with Gasteiger partial charge in [0.1, 0.15) is 11.6 Å². The lowest BCUT2D eigenvalue weighted by Crippen LogP contribution is -2.05. The molecule has 20 heavy (non-hydrogen) atoms. The van der Waals surface area contributed by atoms with Crippen molar-refractivity contribution in [1.82, 2.24) is 9.55 Å². The van der Waals surface area contributed by atoms with E-state index in [0.29, 0.717) is 23.5 Å². The summed E-state index contributed by atoms with van der Waals surface area (Å²) >= 11 is 0. The first kappa shape index (κ1) is 14.2. The molecule has 0 unspecified atom stereocenters. The van der Waals surface area contributed by atoms with Crippen molar-refractivity contribution in [2.45, 2.75) is 19.6 Å². The molecule has 1 aromatic carbocycles. The normalized spacial score (nSPS) is 11.7. The van der Waals surface area contributed by atoms with Crippen molar-refractivity contribution in [3.05, 3.63) is 30.1 Å². The first-order chi connectivity index (χ1) is 9.36. The summed E-state index contributed by atoms with van der Waals surface area (Å²) in [4.78, 5) is 3.68. The number of aromatic nitrogens is 2. The number of imidazole rings is 1. The Kier molecular flexibility index (Phi) is 3.61. The minimum Gasteiger partial charge on any atom is -0.496 e. The van der Waals surface area contributed by atoms with Gasteiger partial charge in [0.15, 0.2) is 5.69 Å². The second-order valence-electron chi connectivity index (χ2n) is 4.19. The number of aryl methyl sites for hydroxylation is 1. The summed E-state index contributed by atoms with van der Waals surface area (Å²) < 4.78 is 44.8. The monoisotopic (exact) mass is 285 g/mol. The molecule has 0 bridgehead atoms. The number of methoxy groups -OCH3 is 1. The van der Waals surface area contributed by atoms with E-state index < -0.39 is 11.9 Å². The second-order valence-corrected chi connectivity index (χ2v) is 4.19. The summed E-state index contributed by atoms with van der Waals surface area (Å²) in [6, 6.07) is 4.75.